The Morgan fingerprint density at radius 3 is 2.92 bits per heavy atom. The van der Waals surface area contributed by atoms with Crippen molar-refractivity contribution in [1.82, 2.24) is 14.9 Å². The Morgan fingerprint density at radius 2 is 2.24 bits per heavy atom. The van der Waals surface area contributed by atoms with Gasteiger partial charge in [0.05, 0.1) is 6.61 Å². The summed E-state index contributed by atoms with van der Waals surface area (Å²) in [7, 11) is -3.49. The molecule has 0 unspecified atom stereocenters. The number of sulfonamides is 1. The number of piperidine rings is 1. The molecule has 2 rings (SSSR count). The van der Waals surface area contributed by atoms with Crippen LogP contribution in [0.1, 0.15) is 19.8 Å². The van der Waals surface area contributed by atoms with Gasteiger partial charge in [0, 0.05) is 19.6 Å². The first-order valence-corrected chi connectivity index (χ1v) is 10.5. The normalized spacial score (nSPS) is 18.0. The van der Waals surface area contributed by atoms with E-state index in [1.165, 1.54) is 11.3 Å². The Morgan fingerprint density at radius 1 is 1.44 bits per heavy atom. The Kier molecular flexibility index (Phi) is 7.21. The van der Waals surface area contributed by atoms with Gasteiger partial charge >= 0.3 is 12.0 Å². The zero-order chi connectivity index (χ0) is 18.3. The topological polar surface area (TPSA) is 105 Å². The number of amides is 2. The third-order valence-corrected chi connectivity index (χ3v) is 6.64. The van der Waals surface area contributed by atoms with E-state index in [0.29, 0.717) is 13.1 Å². The molecule has 1 aromatic heterocycles. The third kappa shape index (κ3) is 5.98. The number of rotatable bonds is 7. The van der Waals surface area contributed by atoms with Crippen molar-refractivity contribution in [3.8, 4) is 0 Å². The fourth-order valence-electron chi connectivity index (χ4n) is 2.60. The molecule has 1 aliphatic rings. The first kappa shape index (κ1) is 19.7. The summed E-state index contributed by atoms with van der Waals surface area (Å²) in [5.74, 6) is -0.440. The van der Waals surface area contributed by atoms with Gasteiger partial charge in [0.2, 0.25) is 10.0 Å². The lowest BCUT2D eigenvalue weighted by atomic mass is 9.99. The lowest BCUT2D eigenvalue weighted by Gasteiger charge is -2.32. The van der Waals surface area contributed by atoms with Crippen LogP contribution in [0, 0.1) is 5.92 Å². The molecule has 2 amide bonds. The zero-order valence-electron chi connectivity index (χ0n) is 14.1. The first-order chi connectivity index (χ1) is 11.9. The van der Waals surface area contributed by atoms with Gasteiger partial charge in [-0.1, -0.05) is 6.07 Å². The van der Waals surface area contributed by atoms with Crippen molar-refractivity contribution in [2.24, 2.45) is 5.92 Å². The summed E-state index contributed by atoms with van der Waals surface area (Å²) in [6.45, 7) is 3.11. The molecule has 0 saturated carbocycles. The summed E-state index contributed by atoms with van der Waals surface area (Å²) in [5.41, 5.74) is 0. The number of urea groups is 1. The molecule has 0 bridgehead atoms. The number of esters is 1. The van der Waals surface area contributed by atoms with Gasteiger partial charge in [0.25, 0.3) is 0 Å². The Balaban J connectivity index is 1.80. The number of nitrogens with one attached hydrogen (secondary N) is 2. The number of hydrogen-bond donors (Lipinski definition) is 2. The van der Waals surface area contributed by atoms with E-state index in [-0.39, 0.29) is 35.9 Å². The highest BCUT2D eigenvalue weighted by Gasteiger charge is 2.25. The average molecular weight is 389 g/mol. The fraction of sp³-hybridized carbons (Fsp3) is 0.600. The second-order valence-electron chi connectivity index (χ2n) is 5.70. The lowest BCUT2D eigenvalue weighted by molar-refractivity contribution is -0.141. The molecule has 1 atom stereocenters. The largest absolute Gasteiger partial charge is 0.465 e. The van der Waals surface area contributed by atoms with E-state index in [4.69, 9.17) is 4.74 Å². The van der Waals surface area contributed by atoms with E-state index in [9.17, 15) is 18.0 Å². The highest BCUT2D eigenvalue weighted by Crippen LogP contribution is 2.19. The second kappa shape index (κ2) is 9.16. The van der Waals surface area contributed by atoms with Gasteiger partial charge in [-0.2, -0.15) is 0 Å². The number of carbonyl (C=O) groups is 2. The Bertz CT molecular complexity index is 675. The summed E-state index contributed by atoms with van der Waals surface area (Å²) in [5, 5.41) is 4.24. The smallest absolute Gasteiger partial charge is 0.325 e. The number of thiophene rings is 1. The number of nitrogens with zero attached hydrogens (tertiary/aromatic N) is 1. The summed E-state index contributed by atoms with van der Waals surface area (Å²) in [6, 6.07) is 2.91. The van der Waals surface area contributed by atoms with Crippen LogP contribution in [0.3, 0.4) is 0 Å². The minimum absolute atomic E-state index is 0.0387. The standard InChI is InChI=1S/C15H23N3O5S2/c1-2-23-13(19)10-16-15(20)18-7-3-5-12(11-18)9-17-25(21,22)14-6-4-8-24-14/h4,6,8,12,17H,2-3,5,7,9-11H2,1H3,(H,16,20)/t12-/m0/s1. The van der Waals surface area contributed by atoms with Gasteiger partial charge in [-0.3, -0.25) is 4.79 Å². The van der Waals surface area contributed by atoms with Crippen LogP contribution in [-0.4, -0.2) is 58.1 Å². The molecular weight excluding hydrogens is 366 g/mol. The van der Waals surface area contributed by atoms with E-state index < -0.39 is 16.0 Å². The summed E-state index contributed by atoms with van der Waals surface area (Å²) in [6.07, 6.45) is 1.63. The van der Waals surface area contributed by atoms with Crippen molar-refractivity contribution in [2.45, 2.75) is 24.0 Å². The molecule has 140 valence electrons. The van der Waals surface area contributed by atoms with Crippen LogP contribution >= 0.6 is 11.3 Å². The molecule has 25 heavy (non-hydrogen) atoms. The maximum atomic E-state index is 12.1. The monoisotopic (exact) mass is 389 g/mol. The quantitative estimate of drug-likeness (QED) is 0.677. The molecule has 8 nitrogen and oxygen atoms in total. The summed E-state index contributed by atoms with van der Waals surface area (Å²) in [4.78, 5) is 25.0. The Hall–Kier alpha value is -1.65. The predicted molar refractivity (Wildman–Crippen MR) is 93.8 cm³/mol. The minimum Gasteiger partial charge on any atom is -0.465 e. The van der Waals surface area contributed by atoms with Crippen molar-refractivity contribution in [3.05, 3.63) is 17.5 Å². The van der Waals surface area contributed by atoms with Crippen LogP contribution in [0.5, 0.6) is 0 Å². The van der Waals surface area contributed by atoms with Gasteiger partial charge in [0.15, 0.2) is 0 Å². The van der Waals surface area contributed by atoms with E-state index in [0.717, 1.165) is 12.8 Å². The van der Waals surface area contributed by atoms with Gasteiger partial charge in [-0.05, 0) is 37.1 Å². The number of hydrogen-bond acceptors (Lipinski definition) is 6. The molecule has 0 aliphatic carbocycles. The van der Waals surface area contributed by atoms with Gasteiger partial charge in [-0.15, -0.1) is 11.3 Å². The lowest BCUT2D eigenvalue weighted by Crippen LogP contribution is -2.48. The van der Waals surface area contributed by atoms with E-state index in [1.54, 1.807) is 29.3 Å². The van der Waals surface area contributed by atoms with E-state index in [2.05, 4.69) is 10.0 Å². The maximum absolute atomic E-state index is 12.1. The van der Waals surface area contributed by atoms with Crippen molar-refractivity contribution >= 4 is 33.4 Å². The zero-order valence-corrected chi connectivity index (χ0v) is 15.7. The molecule has 2 N–H and O–H groups in total. The number of ether oxygens (including phenoxy) is 1. The molecule has 1 fully saturated rings. The van der Waals surface area contributed by atoms with Crippen molar-refractivity contribution < 1.29 is 22.7 Å². The SMILES string of the molecule is CCOC(=O)CNC(=O)N1CCC[C@@H](CNS(=O)(=O)c2cccs2)C1. The average Bonchev–Trinajstić information content (AvgIpc) is 3.14. The second-order valence-corrected chi connectivity index (χ2v) is 8.64. The number of likely N-dealkylation sites (tertiary alicyclic amines) is 1. The molecule has 1 aromatic rings. The van der Waals surface area contributed by atoms with Gasteiger partial charge in [0.1, 0.15) is 10.8 Å². The van der Waals surface area contributed by atoms with Crippen LogP contribution in [-0.2, 0) is 19.6 Å². The predicted octanol–water partition coefficient (Wildman–Crippen LogP) is 1.01. The van der Waals surface area contributed by atoms with Crippen LogP contribution in [0.2, 0.25) is 0 Å². The highest BCUT2D eigenvalue weighted by atomic mass is 32.2. The van der Waals surface area contributed by atoms with E-state index in [1.807, 2.05) is 0 Å². The van der Waals surface area contributed by atoms with Crippen molar-refractivity contribution in [1.29, 1.82) is 0 Å². The molecular formula is C15H23N3O5S2. The molecule has 0 spiro atoms. The third-order valence-electron chi connectivity index (χ3n) is 3.82. The summed E-state index contributed by atoms with van der Waals surface area (Å²) < 4.78 is 31.9. The Labute approximate surface area is 151 Å². The first-order valence-electron chi connectivity index (χ1n) is 8.14. The van der Waals surface area contributed by atoms with Crippen LogP contribution in [0.15, 0.2) is 21.7 Å². The van der Waals surface area contributed by atoms with Gasteiger partial charge < -0.3 is 15.0 Å². The molecule has 2 heterocycles. The molecule has 1 saturated heterocycles. The van der Waals surface area contributed by atoms with Crippen LogP contribution in [0.25, 0.3) is 0 Å². The van der Waals surface area contributed by atoms with Gasteiger partial charge in [-0.25, -0.2) is 17.9 Å². The number of carbonyl (C=O) groups excluding carboxylic acids is 2. The van der Waals surface area contributed by atoms with E-state index >= 15 is 0 Å². The van der Waals surface area contributed by atoms with Crippen LogP contribution < -0.4 is 10.0 Å². The fourth-order valence-corrected chi connectivity index (χ4v) is 4.76. The van der Waals surface area contributed by atoms with Crippen LogP contribution in [0.4, 0.5) is 4.79 Å². The maximum Gasteiger partial charge on any atom is 0.325 e. The summed E-state index contributed by atoms with van der Waals surface area (Å²) >= 11 is 1.17. The molecule has 10 heteroatoms. The minimum atomic E-state index is -3.49. The van der Waals surface area contributed by atoms with Crippen molar-refractivity contribution in [2.75, 3.05) is 32.8 Å². The molecule has 1 aliphatic heterocycles. The molecule has 0 radical (unpaired) electrons. The van der Waals surface area contributed by atoms with Crippen molar-refractivity contribution in [3.63, 3.8) is 0 Å². The highest BCUT2D eigenvalue weighted by molar-refractivity contribution is 7.91. The molecule has 0 aromatic carbocycles.